The lowest BCUT2D eigenvalue weighted by Gasteiger charge is -2.17. The molecule has 24 heavy (non-hydrogen) atoms. The fourth-order valence-corrected chi connectivity index (χ4v) is 2.84. The molecule has 0 spiro atoms. The van der Waals surface area contributed by atoms with Gasteiger partial charge in [-0.1, -0.05) is 48.5 Å². The monoisotopic (exact) mass is 320 g/mol. The maximum absolute atomic E-state index is 10.2. The summed E-state index contributed by atoms with van der Waals surface area (Å²) in [6.45, 7) is 2.73. The van der Waals surface area contributed by atoms with Crippen molar-refractivity contribution in [3.05, 3.63) is 78.0 Å². The van der Waals surface area contributed by atoms with Gasteiger partial charge >= 0.3 is 0 Å². The minimum atomic E-state index is -0.462. The van der Waals surface area contributed by atoms with Gasteiger partial charge < -0.3 is 10.4 Å². The van der Waals surface area contributed by atoms with Crippen LogP contribution in [0.5, 0.6) is 0 Å². The summed E-state index contributed by atoms with van der Waals surface area (Å²) in [6, 6.07) is 20.5. The first-order valence-electron chi connectivity index (χ1n) is 8.52. The Morgan fingerprint density at radius 2 is 1.79 bits per heavy atom. The molecule has 3 heteroatoms. The smallest absolute Gasteiger partial charge is 0.0914 e. The van der Waals surface area contributed by atoms with E-state index in [-0.39, 0.29) is 0 Å². The number of rotatable bonds is 7. The molecule has 2 N–H and O–H groups in total. The highest BCUT2D eigenvalue weighted by molar-refractivity contribution is 5.78. The van der Waals surface area contributed by atoms with Crippen molar-refractivity contribution in [2.45, 2.75) is 31.9 Å². The Morgan fingerprint density at radius 3 is 2.62 bits per heavy atom. The number of aromatic nitrogens is 1. The standard InChI is InChI=1S/C21H24N2O/c1-16(22-15-21(24)18-7-3-2-4-8-18)11-12-17-13-19-9-5-6-10-20(19)23-14-17/h2-10,13-14,16,21-22,24H,11-12,15H2,1H3. The molecule has 2 atom stereocenters. The van der Waals surface area contributed by atoms with Gasteiger partial charge in [0.1, 0.15) is 0 Å². The van der Waals surface area contributed by atoms with Crippen molar-refractivity contribution in [2.75, 3.05) is 6.54 Å². The Morgan fingerprint density at radius 1 is 1.04 bits per heavy atom. The molecule has 0 bridgehead atoms. The molecule has 124 valence electrons. The van der Waals surface area contributed by atoms with Gasteiger partial charge in [0, 0.05) is 24.2 Å². The van der Waals surface area contributed by atoms with E-state index in [2.05, 4.69) is 29.4 Å². The maximum atomic E-state index is 10.2. The number of aryl methyl sites for hydroxylation is 1. The predicted octanol–water partition coefficient (Wildman–Crippen LogP) is 3.88. The summed E-state index contributed by atoms with van der Waals surface area (Å²) < 4.78 is 0. The van der Waals surface area contributed by atoms with E-state index >= 15 is 0 Å². The van der Waals surface area contributed by atoms with Crippen molar-refractivity contribution >= 4 is 10.9 Å². The predicted molar refractivity (Wildman–Crippen MR) is 98.9 cm³/mol. The van der Waals surface area contributed by atoms with Crippen molar-refractivity contribution in [3.63, 3.8) is 0 Å². The van der Waals surface area contributed by atoms with Gasteiger partial charge in [-0.25, -0.2) is 0 Å². The molecule has 0 aliphatic carbocycles. The largest absolute Gasteiger partial charge is 0.387 e. The first kappa shape index (κ1) is 16.6. The van der Waals surface area contributed by atoms with E-state index in [9.17, 15) is 5.11 Å². The second-order valence-corrected chi connectivity index (χ2v) is 6.31. The minimum Gasteiger partial charge on any atom is -0.387 e. The molecular formula is C21H24N2O. The second kappa shape index (κ2) is 8.04. The average Bonchev–Trinajstić information content (AvgIpc) is 2.65. The van der Waals surface area contributed by atoms with Crippen LogP contribution in [0.2, 0.25) is 0 Å². The van der Waals surface area contributed by atoms with Crippen LogP contribution < -0.4 is 5.32 Å². The van der Waals surface area contributed by atoms with E-state index < -0.39 is 6.10 Å². The van der Waals surface area contributed by atoms with Crippen LogP contribution in [0.15, 0.2) is 66.9 Å². The molecule has 1 aromatic heterocycles. The van der Waals surface area contributed by atoms with Gasteiger partial charge in [0.15, 0.2) is 0 Å². The third-order valence-electron chi connectivity index (χ3n) is 4.36. The lowest BCUT2D eigenvalue weighted by molar-refractivity contribution is 0.170. The highest BCUT2D eigenvalue weighted by Gasteiger charge is 2.09. The number of aliphatic hydroxyl groups is 1. The summed E-state index contributed by atoms with van der Waals surface area (Å²) in [6.07, 6.45) is 3.50. The fourth-order valence-electron chi connectivity index (χ4n) is 2.84. The number of fused-ring (bicyclic) bond motifs is 1. The first-order valence-corrected chi connectivity index (χ1v) is 8.52. The van der Waals surface area contributed by atoms with Crippen LogP contribution in [-0.2, 0) is 6.42 Å². The first-order chi connectivity index (χ1) is 11.7. The van der Waals surface area contributed by atoms with E-state index in [4.69, 9.17) is 0 Å². The number of para-hydroxylation sites is 1. The van der Waals surface area contributed by atoms with Crippen molar-refractivity contribution in [1.82, 2.24) is 10.3 Å². The summed E-state index contributed by atoms with van der Waals surface area (Å²) >= 11 is 0. The summed E-state index contributed by atoms with van der Waals surface area (Å²) in [7, 11) is 0. The van der Waals surface area contributed by atoms with Crippen molar-refractivity contribution in [3.8, 4) is 0 Å². The Kier molecular flexibility index (Phi) is 5.57. The molecule has 3 nitrogen and oxygen atoms in total. The number of nitrogens with zero attached hydrogens (tertiary/aromatic N) is 1. The molecule has 0 fully saturated rings. The van der Waals surface area contributed by atoms with Gasteiger partial charge in [0.2, 0.25) is 0 Å². The summed E-state index contributed by atoms with van der Waals surface area (Å²) in [5.74, 6) is 0. The molecule has 0 radical (unpaired) electrons. The van der Waals surface area contributed by atoms with Crippen LogP contribution in [-0.4, -0.2) is 22.7 Å². The Labute approximate surface area is 143 Å². The van der Waals surface area contributed by atoms with Gasteiger partial charge in [-0.15, -0.1) is 0 Å². The number of nitrogens with one attached hydrogen (secondary N) is 1. The van der Waals surface area contributed by atoms with Gasteiger partial charge in [-0.2, -0.15) is 0 Å². The molecular weight excluding hydrogens is 296 g/mol. The van der Waals surface area contributed by atoms with Crippen LogP contribution >= 0.6 is 0 Å². The summed E-state index contributed by atoms with van der Waals surface area (Å²) in [5, 5.41) is 14.8. The topological polar surface area (TPSA) is 45.2 Å². The van der Waals surface area contributed by atoms with Crippen molar-refractivity contribution in [1.29, 1.82) is 0 Å². The van der Waals surface area contributed by atoms with Crippen LogP contribution in [0.3, 0.4) is 0 Å². The molecule has 2 unspecified atom stereocenters. The highest BCUT2D eigenvalue weighted by atomic mass is 16.3. The Hall–Kier alpha value is -2.23. The van der Waals surface area contributed by atoms with Crippen LogP contribution in [0.25, 0.3) is 10.9 Å². The Balaban J connectivity index is 1.48. The van der Waals surface area contributed by atoms with E-state index in [0.29, 0.717) is 12.6 Å². The van der Waals surface area contributed by atoms with E-state index in [1.165, 1.54) is 10.9 Å². The zero-order valence-electron chi connectivity index (χ0n) is 14.0. The van der Waals surface area contributed by atoms with Crippen molar-refractivity contribution < 1.29 is 5.11 Å². The number of pyridine rings is 1. The van der Waals surface area contributed by atoms with Gasteiger partial charge in [0.05, 0.1) is 11.6 Å². The number of benzene rings is 2. The van der Waals surface area contributed by atoms with Gasteiger partial charge in [-0.3, -0.25) is 4.98 Å². The third-order valence-corrected chi connectivity index (χ3v) is 4.36. The lowest BCUT2D eigenvalue weighted by atomic mass is 10.0. The van der Waals surface area contributed by atoms with Crippen LogP contribution in [0.1, 0.15) is 30.6 Å². The maximum Gasteiger partial charge on any atom is 0.0914 e. The number of hydrogen-bond acceptors (Lipinski definition) is 3. The van der Waals surface area contributed by atoms with E-state index in [0.717, 1.165) is 23.9 Å². The molecule has 1 heterocycles. The molecule has 0 amide bonds. The molecule has 0 saturated carbocycles. The molecule has 3 aromatic rings. The third kappa shape index (κ3) is 4.40. The molecule has 2 aromatic carbocycles. The van der Waals surface area contributed by atoms with Crippen LogP contribution in [0.4, 0.5) is 0 Å². The van der Waals surface area contributed by atoms with E-state index in [1.807, 2.05) is 54.7 Å². The molecule has 0 aliphatic heterocycles. The average molecular weight is 320 g/mol. The van der Waals surface area contributed by atoms with Crippen LogP contribution in [0, 0.1) is 0 Å². The SMILES string of the molecule is CC(CCc1cnc2ccccc2c1)NCC(O)c1ccccc1. The highest BCUT2D eigenvalue weighted by Crippen LogP contribution is 2.15. The van der Waals surface area contributed by atoms with E-state index in [1.54, 1.807) is 0 Å². The summed E-state index contributed by atoms with van der Waals surface area (Å²) in [4.78, 5) is 4.51. The zero-order chi connectivity index (χ0) is 16.8. The molecule has 3 rings (SSSR count). The minimum absolute atomic E-state index is 0.342. The van der Waals surface area contributed by atoms with Gasteiger partial charge in [-0.05, 0) is 43.0 Å². The van der Waals surface area contributed by atoms with Crippen molar-refractivity contribution in [2.24, 2.45) is 0 Å². The number of aliphatic hydroxyl groups excluding tert-OH is 1. The molecule has 0 aliphatic rings. The summed E-state index contributed by atoms with van der Waals surface area (Å²) in [5.41, 5.74) is 3.25. The van der Waals surface area contributed by atoms with Gasteiger partial charge in [0.25, 0.3) is 0 Å². The Bertz CT molecular complexity index is 773. The lowest BCUT2D eigenvalue weighted by Crippen LogP contribution is -2.30. The number of hydrogen-bond donors (Lipinski definition) is 2. The quantitative estimate of drug-likeness (QED) is 0.694. The molecule has 0 saturated heterocycles. The fraction of sp³-hybridized carbons (Fsp3) is 0.286. The second-order valence-electron chi connectivity index (χ2n) is 6.31. The normalized spacial score (nSPS) is 13.8. The zero-order valence-corrected chi connectivity index (χ0v) is 14.0.